The Labute approximate surface area is 120 Å². The molecule has 3 N–H and O–H groups in total. The zero-order valence-electron chi connectivity index (χ0n) is 10.8. The molecule has 0 aliphatic heterocycles. The van der Waals surface area contributed by atoms with Crippen LogP contribution >= 0.6 is 11.3 Å². The summed E-state index contributed by atoms with van der Waals surface area (Å²) in [5.41, 5.74) is 6.35. The third kappa shape index (κ3) is 2.57. The highest BCUT2D eigenvalue weighted by Crippen LogP contribution is 2.34. The highest BCUT2D eigenvalue weighted by atomic mass is 32.1. The van der Waals surface area contributed by atoms with Gasteiger partial charge in [0.1, 0.15) is 0 Å². The van der Waals surface area contributed by atoms with Crippen molar-refractivity contribution in [2.45, 2.75) is 25.4 Å². The van der Waals surface area contributed by atoms with Gasteiger partial charge in [-0.3, -0.25) is 0 Å². The van der Waals surface area contributed by atoms with Crippen LogP contribution in [0.3, 0.4) is 0 Å². The Morgan fingerprint density at radius 2 is 2.35 bits per heavy atom. The number of hydrogen-bond donors (Lipinski definition) is 2. The lowest BCUT2D eigenvalue weighted by molar-refractivity contribution is 0.318. The van der Waals surface area contributed by atoms with Crippen molar-refractivity contribution in [3.8, 4) is 0 Å². The van der Waals surface area contributed by atoms with Crippen LogP contribution in [0.15, 0.2) is 34.9 Å². The molecule has 2 heterocycles. The molecule has 20 heavy (non-hydrogen) atoms. The van der Waals surface area contributed by atoms with Crippen LogP contribution in [0, 0.1) is 0 Å². The first kappa shape index (κ1) is 12.9. The van der Waals surface area contributed by atoms with Gasteiger partial charge >= 0.3 is 0 Å². The van der Waals surface area contributed by atoms with E-state index in [1.165, 1.54) is 4.88 Å². The molecule has 1 aliphatic rings. The number of nitrogens with zero attached hydrogens (tertiary/aromatic N) is 4. The molecule has 2 aromatic rings. The van der Waals surface area contributed by atoms with E-state index in [1.807, 2.05) is 6.07 Å². The number of rotatable bonds is 5. The van der Waals surface area contributed by atoms with E-state index >= 15 is 0 Å². The quantitative estimate of drug-likeness (QED) is 0.379. The summed E-state index contributed by atoms with van der Waals surface area (Å²) in [6.07, 6.45) is 3.82. The van der Waals surface area contributed by atoms with Gasteiger partial charge in [0.05, 0.1) is 18.3 Å². The smallest absolute Gasteiger partial charge is 0.173 e. The normalized spacial score (nSPS) is 15.3. The molecule has 0 atom stereocenters. The fourth-order valence-corrected chi connectivity index (χ4v) is 2.83. The summed E-state index contributed by atoms with van der Waals surface area (Å²) in [7, 11) is 0. The van der Waals surface area contributed by atoms with E-state index in [0.717, 1.165) is 19.4 Å². The predicted molar refractivity (Wildman–Crippen MR) is 78.1 cm³/mol. The van der Waals surface area contributed by atoms with Crippen molar-refractivity contribution >= 4 is 23.0 Å². The molecule has 1 saturated carbocycles. The van der Waals surface area contributed by atoms with E-state index in [1.54, 1.807) is 23.6 Å². The first-order valence-corrected chi connectivity index (χ1v) is 7.26. The van der Waals surface area contributed by atoms with E-state index in [-0.39, 0.29) is 5.84 Å². The molecule has 7 heteroatoms. The Hall–Kier alpha value is -2.15. The molecule has 0 aromatic carbocycles. The second-order valence-corrected chi connectivity index (χ2v) is 5.72. The topological polar surface area (TPSA) is 87.6 Å². The number of hydrogen-bond acceptors (Lipinski definition) is 6. The van der Waals surface area contributed by atoms with Crippen LogP contribution in [0.1, 0.15) is 23.3 Å². The van der Waals surface area contributed by atoms with Crippen LogP contribution in [0.5, 0.6) is 0 Å². The van der Waals surface area contributed by atoms with Gasteiger partial charge in [-0.1, -0.05) is 11.2 Å². The minimum absolute atomic E-state index is 0.0618. The lowest BCUT2D eigenvalue weighted by Gasteiger charge is -2.24. The van der Waals surface area contributed by atoms with Gasteiger partial charge in [-0.05, 0) is 30.4 Å². The maximum absolute atomic E-state index is 8.90. The number of anilines is 1. The number of amidine groups is 1. The third-order valence-electron chi connectivity index (χ3n) is 3.25. The second kappa shape index (κ2) is 5.46. The second-order valence-electron chi connectivity index (χ2n) is 4.69. The lowest BCUT2D eigenvalue weighted by atomic mass is 10.2. The van der Waals surface area contributed by atoms with Gasteiger partial charge < -0.3 is 15.8 Å². The van der Waals surface area contributed by atoms with Crippen molar-refractivity contribution in [1.82, 2.24) is 10.2 Å². The van der Waals surface area contributed by atoms with Crippen molar-refractivity contribution in [2.24, 2.45) is 10.9 Å². The van der Waals surface area contributed by atoms with Crippen LogP contribution < -0.4 is 10.6 Å². The molecule has 0 radical (unpaired) electrons. The average molecular weight is 289 g/mol. The van der Waals surface area contributed by atoms with Gasteiger partial charge in [0, 0.05) is 10.9 Å². The van der Waals surface area contributed by atoms with Gasteiger partial charge in [-0.25, -0.2) is 0 Å². The molecule has 0 saturated heterocycles. The molecule has 104 valence electrons. The van der Waals surface area contributed by atoms with Gasteiger partial charge in [0.2, 0.25) is 0 Å². The van der Waals surface area contributed by atoms with Crippen molar-refractivity contribution < 1.29 is 5.21 Å². The van der Waals surface area contributed by atoms with Crippen molar-refractivity contribution in [3.63, 3.8) is 0 Å². The van der Waals surface area contributed by atoms with Gasteiger partial charge in [0.15, 0.2) is 11.7 Å². The van der Waals surface area contributed by atoms with Crippen molar-refractivity contribution in [2.75, 3.05) is 4.90 Å². The first-order chi connectivity index (χ1) is 9.79. The Morgan fingerprint density at radius 3 is 3.00 bits per heavy atom. The summed E-state index contributed by atoms with van der Waals surface area (Å²) in [5.74, 6) is 0.741. The van der Waals surface area contributed by atoms with Crippen LogP contribution in [0.4, 0.5) is 5.82 Å². The molecule has 0 amide bonds. The summed E-state index contributed by atoms with van der Waals surface area (Å²) in [5, 5.41) is 22.2. The number of nitrogens with two attached hydrogens (primary N) is 1. The van der Waals surface area contributed by atoms with Gasteiger partial charge in [-0.15, -0.1) is 16.4 Å². The van der Waals surface area contributed by atoms with E-state index in [0.29, 0.717) is 17.4 Å². The zero-order valence-corrected chi connectivity index (χ0v) is 11.6. The fraction of sp³-hybridized carbons (Fsp3) is 0.308. The minimum Gasteiger partial charge on any atom is -0.409 e. The number of oxime groups is 1. The largest absolute Gasteiger partial charge is 0.409 e. The maximum Gasteiger partial charge on any atom is 0.173 e. The van der Waals surface area contributed by atoms with Crippen LogP contribution in [0.2, 0.25) is 0 Å². The number of thiophene rings is 1. The predicted octanol–water partition coefficient (Wildman–Crippen LogP) is 1.80. The number of aromatic nitrogens is 2. The van der Waals surface area contributed by atoms with E-state index in [9.17, 15) is 0 Å². The Bertz CT molecular complexity index is 609. The maximum atomic E-state index is 8.90. The molecule has 0 bridgehead atoms. The summed E-state index contributed by atoms with van der Waals surface area (Å²) >= 11 is 1.71. The Morgan fingerprint density at radius 1 is 1.50 bits per heavy atom. The van der Waals surface area contributed by atoms with Gasteiger partial charge in [-0.2, -0.15) is 5.10 Å². The van der Waals surface area contributed by atoms with E-state index in [2.05, 4.69) is 31.7 Å². The summed E-state index contributed by atoms with van der Waals surface area (Å²) in [6, 6.07) is 6.31. The molecular formula is C13H15N5OS. The first-order valence-electron chi connectivity index (χ1n) is 6.38. The van der Waals surface area contributed by atoms with Crippen molar-refractivity contribution in [3.05, 3.63) is 40.2 Å². The minimum atomic E-state index is 0.0618. The SMILES string of the molecule is N/C(=N/O)c1ccnnc1N(Cc1cccs1)C1CC1. The highest BCUT2D eigenvalue weighted by molar-refractivity contribution is 7.09. The lowest BCUT2D eigenvalue weighted by Crippen LogP contribution is -2.29. The highest BCUT2D eigenvalue weighted by Gasteiger charge is 2.32. The van der Waals surface area contributed by atoms with Crippen molar-refractivity contribution in [1.29, 1.82) is 0 Å². The average Bonchev–Trinajstić information content (AvgIpc) is 3.20. The van der Waals surface area contributed by atoms with Gasteiger partial charge in [0.25, 0.3) is 0 Å². The van der Waals surface area contributed by atoms with E-state index in [4.69, 9.17) is 10.9 Å². The van der Waals surface area contributed by atoms with E-state index < -0.39 is 0 Å². The molecule has 2 aromatic heterocycles. The molecule has 3 rings (SSSR count). The van der Waals surface area contributed by atoms with Crippen LogP contribution in [-0.4, -0.2) is 27.3 Å². The third-order valence-corrected chi connectivity index (χ3v) is 4.11. The van der Waals surface area contributed by atoms with Crippen LogP contribution in [0.25, 0.3) is 0 Å². The molecule has 0 spiro atoms. The Kier molecular flexibility index (Phi) is 3.51. The monoisotopic (exact) mass is 289 g/mol. The van der Waals surface area contributed by atoms with Crippen LogP contribution in [-0.2, 0) is 6.54 Å². The molecule has 1 aliphatic carbocycles. The standard InChI is InChI=1S/C13H15N5OS/c14-12(17-19)11-5-6-15-16-13(11)18(9-3-4-9)8-10-2-1-7-20-10/h1-2,5-7,9,19H,3-4,8H2,(H2,14,17). The molecule has 0 unspecified atom stereocenters. The molecule has 1 fully saturated rings. The zero-order chi connectivity index (χ0) is 13.9. The summed E-state index contributed by atoms with van der Waals surface area (Å²) < 4.78 is 0. The summed E-state index contributed by atoms with van der Waals surface area (Å²) in [4.78, 5) is 3.44. The molecule has 6 nitrogen and oxygen atoms in total. The fourth-order valence-electron chi connectivity index (χ4n) is 2.12. The summed E-state index contributed by atoms with van der Waals surface area (Å²) in [6.45, 7) is 0.771. The molecular weight excluding hydrogens is 274 g/mol. The Balaban J connectivity index is 1.95.